The molecule has 11 heteroatoms. The molecule has 0 saturated heterocycles. The molecule has 2 aromatic heterocycles. The summed E-state index contributed by atoms with van der Waals surface area (Å²) in [5, 5.41) is 32.0. The second-order valence-electron chi connectivity index (χ2n) is 7.26. The molecule has 0 radical (unpaired) electrons. The fraction of sp³-hybridized carbons (Fsp3) is 0.0833. The first-order chi connectivity index (χ1) is 16.9. The SMILES string of the molecule is Cc1ccccc1OCc1nnc(NC(=O)/C(C#N)=C\c2cccn2-c2cccc([N+](=O)[O-])c2)s1. The minimum absolute atomic E-state index is 0.0668. The average Bonchev–Trinajstić information content (AvgIpc) is 3.51. The van der Waals surface area contributed by atoms with E-state index in [0.717, 1.165) is 22.6 Å². The molecule has 4 aromatic rings. The van der Waals surface area contributed by atoms with Crippen LogP contribution in [-0.4, -0.2) is 25.6 Å². The van der Waals surface area contributed by atoms with Crippen LogP contribution in [0.25, 0.3) is 11.8 Å². The van der Waals surface area contributed by atoms with Crippen molar-refractivity contribution < 1.29 is 14.5 Å². The Morgan fingerprint density at radius 2 is 2.06 bits per heavy atom. The monoisotopic (exact) mass is 486 g/mol. The Morgan fingerprint density at radius 3 is 2.83 bits per heavy atom. The lowest BCUT2D eigenvalue weighted by molar-refractivity contribution is -0.384. The van der Waals surface area contributed by atoms with Gasteiger partial charge in [-0.05, 0) is 42.8 Å². The lowest BCUT2D eigenvalue weighted by Crippen LogP contribution is -2.13. The molecule has 0 spiro atoms. The summed E-state index contributed by atoms with van der Waals surface area (Å²) < 4.78 is 7.39. The molecule has 0 bridgehead atoms. The molecule has 0 unspecified atom stereocenters. The zero-order chi connectivity index (χ0) is 24.8. The number of nitro benzene ring substituents is 1. The number of para-hydroxylation sites is 1. The first-order valence-electron chi connectivity index (χ1n) is 10.3. The second-order valence-corrected chi connectivity index (χ2v) is 8.32. The van der Waals surface area contributed by atoms with Crippen LogP contribution in [0.1, 0.15) is 16.3 Å². The van der Waals surface area contributed by atoms with E-state index in [-0.39, 0.29) is 23.0 Å². The fourth-order valence-electron chi connectivity index (χ4n) is 3.18. The van der Waals surface area contributed by atoms with E-state index in [9.17, 15) is 20.2 Å². The summed E-state index contributed by atoms with van der Waals surface area (Å²) in [6.45, 7) is 2.13. The number of nitrogens with zero attached hydrogens (tertiary/aromatic N) is 5. The van der Waals surface area contributed by atoms with Crippen molar-refractivity contribution in [3.8, 4) is 17.5 Å². The van der Waals surface area contributed by atoms with Crippen LogP contribution in [0.2, 0.25) is 0 Å². The second kappa shape index (κ2) is 10.4. The number of benzene rings is 2. The number of nitriles is 1. The van der Waals surface area contributed by atoms with E-state index in [0.29, 0.717) is 16.4 Å². The number of nitrogens with one attached hydrogen (secondary N) is 1. The number of nitro groups is 1. The number of non-ortho nitro benzene ring substituents is 1. The van der Waals surface area contributed by atoms with Gasteiger partial charge in [-0.1, -0.05) is 35.6 Å². The van der Waals surface area contributed by atoms with E-state index in [4.69, 9.17) is 4.74 Å². The molecule has 174 valence electrons. The van der Waals surface area contributed by atoms with Gasteiger partial charge in [-0.2, -0.15) is 5.26 Å². The van der Waals surface area contributed by atoms with Crippen molar-refractivity contribution in [3.63, 3.8) is 0 Å². The van der Waals surface area contributed by atoms with E-state index in [1.807, 2.05) is 37.3 Å². The van der Waals surface area contributed by atoms with E-state index >= 15 is 0 Å². The Bertz CT molecular complexity index is 1470. The van der Waals surface area contributed by atoms with Crippen molar-refractivity contribution in [2.75, 3.05) is 5.32 Å². The number of carbonyl (C=O) groups is 1. The van der Waals surface area contributed by atoms with Crippen molar-refractivity contribution in [2.24, 2.45) is 0 Å². The van der Waals surface area contributed by atoms with Gasteiger partial charge in [0, 0.05) is 24.0 Å². The summed E-state index contributed by atoms with van der Waals surface area (Å²) in [5.74, 6) is 0.0801. The standard InChI is InChI=1S/C24H18N6O4S/c1-16-6-2-3-10-21(16)34-15-22-27-28-24(35-22)26-23(31)17(14-25)12-18-9-5-11-29(18)19-7-4-8-20(13-19)30(32)33/h2-13H,15H2,1H3,(H,26,28,31)/b17-12-. The van der Waals surface area contributed by atoms with Gasteiger partial charge in [0.1, 0.15) is 24.0 Å². The summed E-state index contributed by atoms with van der Waals surface area (Å²) in [6, 6.07) is 18.9. The minimum atomic E-state index is -0.651. The molecular formula is C24H18N6O4S. The van der Waals surface area contributed by atoms with Crippen LogP contribution in [0.15, 0.2) is 72.4 Å². The first-order valence-corrected chi connectivity index (χ1v) is 11.1. The molecule has 1 amide bonds. The number of hydrogen-bond acceptors (Lipinski definition) is 8. The van der Waals surface area contributed by atoms with Gasteiger partial charge in [0.05, 0.1) is 10.6 Å². The lowest BCUT2D eigenvalue weighted by Gasteiger charge is -2.07. The molecule has 0 aliphatic heterocycles. The van der Waals surface area contributed by atoms with Gasteiger partial charge in [0.25, 0.3) is 11.6 Å². The number of carbonyl (C=O) groups excluding carboxylic acids is 1. The highest BCUT2D eigenvalue weighted by Crippen LogP contribution is 2.23. The number of aryl methyl sites for hydroxylation is 1. The largest absolute Gasteiger partial charge is 0.486 e. The summed E-state index contributed by atoms with van der Waals surface area (Å²) in [6.07, 6.45) is 3.08. The third kappa shape index (κ3) is 5.58. The molecule has 0 saturated carbocycles. The Labute approximate surface area is 203 Å². The van der Waals surface area contributed by atoms with Gasteiger partial charge >= 0.3 is 0 Å². The highest BCUT2D eigenvalue weighted by atomic mass is 32.1. The number of hydrogen-bond donors (Lipinski definition) is 1. The summed E-state index contributed by atoms with van der Waals surface area (Å²) >= 11 is 1.14. The van der Waals surface area contributed by atoms with Crippen molar-refractivity contribution in [1.29, 1.82) is 5.26 Å². The van der Waals surface area contributed by atoms with Crippen molar-refractivity contribution in [3.05, 3.63) is 98.8 Å². The zero-order valence-electron chi connectivity index (χ0n) is 18.4. The third-order valence-electron chi connectivity index (χ3n) is 4.89. The molecule has 0 aliphatic carbocycles. The zero-order valence-corrected chi connectivity index (χ0v) is 19.2. The van der Waals surface area contributed by atoms with Crippen LogP contribution in [0, 0.1) is 28.4 Å². The quantitative estimate of drug-likeness (QED) is 0.165. The predicted octanol–water partition coefficient (Wildman–Crippen LogP) is 4.67. The van der Waals surface area contributed by atoms with Crippen LogP contribution in [0.3, 0.4) is 0 Å². The number of amides is 1. The van der Waals surface area contributed by atoms with Gasteiger partial charge < -0.3 is 9.30 Å². The van der Waals surface area contributed by atoms with Gasteiger partial charge in [-0.15, -0.1) is 10.2 Å². The van der Waals surface area contributed by atoms with Crippen molar-refractivity contribution in [1.82, 2.24) is 14.8 Å². The molecule has 0 fully saturated rings. The normalized spacial score (nSPS) is 11.0. The lowest BCUT2D eigenvalue weighted by atomic mass is 10.2. The van der Waals surface area contributed by atoms with Gasteiger partial charge in [-0.3, -0.25) is 20.2 Å². The summed E-state index contributed by atoms with van der Waals surface area (Å²) in [7, 11) is 0. The number of anilines is 1. The Kier molecular flexibility index (Phi) is 6.94. The van der Waals surface area contributed by atoms with Gasteiger partial charge in [0.2, 0.25) is 5.13 Å². The molecule has 35 heavy (non-hydrogen) atoms. The summed E-state index contributed by atoms with van der Waals surface area (Å²) in [4.78, 5) is 23.3. The fourth-order valence-corrected chi connectivity index (χ4v) is 3.83. The van der Waals surface area contributed by atoms with E-state index in [1.54, 1.807) is 35.0 Å². The molecule has 1 N–H and O–H groups in total. The average molecular weight is 487 g/mol. The number of ether oxygens (including phenoxy) is 1. The Hall–Kier alpha value is -4.82. The number of rotatable bonds is 8. The molecule has 2 aromatic carbocycles. The molecule has 4 rings (SSSR count). The number of aromatic nitrogens is 3. The maximum Gasteiger partial charge on any atom is 0.271 e. The maximum absolute atomic E-state index is 12.7. The first kappa shape index (κ1) is 23.3. The molecule has 0 aliphatic rings. The Morgan fingerprint density at radius 1 is 1.23 bits per heavy atom. The summed E-state index contributed by atoms with van der Waals surface area (Å²) in [5.41, 5.74) is 1.78. The van der Waals surface area contributed by atoms with E-state index in [2.05, 4.69) is 15.5 Å². The van der Waals surface area contributed by atoms with E-state index < -0.39 is 10.8 Å². The van der Waals surface area contributed by atoms with Crippen molar-refractivity contribution in [2.45, 2.75) is 13.5 Å². The van der Waals surface area contributed by atoms with Crippen LogP contribution < -0.4 is 10.1 Å². The van der Waals surface area contributed by atoms with E-state index in [1.165, 1.54) is 18.2 Å². The predicted molar refractivity (Wildman–Crippen MR) is 130 cm³/mol. The maximum atomic E-state index is 12.7. The smallest absolute Gasteiger partial charge is 0.271 e. The third-order valence-corrected chi connectivity index (χ3v) is 5.70. The van der Waals surface area contributed by atoms with Crippen LogP contribution in [-0.2, 0) is 11.4 Å². The van der Waals surface area contributed by atoms with Crippen LogP contribution in [0.4, 0.5) is 10.8 Å². The van der Waals surface area contributed by atoms with Crippen LogP contribution >= 0.6 is 11.3 Å². The Balaban J connectivity index is 1.47. The highest BCUT2D eigenvalue weighted by Gasteiger charge is 2.15. The molecular weight excluding hydrogens is 468 g/mol. The topological polar surface area (TPSA) is 136 Å². The van der Waals surface area contributed by atoms with Crippen LogP contribution in [0.5, 0.6) is 5.75 Å². The molecule has 2 heterocycles. The van der Waals surface area contributed by atoms with Gasteiger partial charge in [-0.25, -0.2) is 0 Å². The van der Waals surface area contributed by atoms with Gasteiger partial charge in [0.15, 0.2) is 5.01 Å². The van der Waals surface area contributed by atoms with Crippen molar-refractivity contribution >= 4 is 34.1 Å². The highest BCUT2D eigenvalue weighted by molar-refractivity contribution is 7.15. The molecule has 10 nitrogen and oxygen atoms in total. The molecule has 0 atom stereocenters. The minimum Gasteiger partial charge on any atom is -0.486 e.